The molecule has 3 N–H and O–H groups in total. The van der Waals surface area contributed by atoms with Crippen LogP contribution >= 0.6 is 0 Å². The summed E-state index contributed by atoms with van der Waals surface area (Å²) in [6.45, 7) is 0.0620. The quantitative estimate of drug-likeness (QED) is 0.681. The standard InChI is InChI=1S/C12H22F2N2O2/c13-11(14)8-18-5-4-12(17)16-7-9-2-1-3-10(15)6-9/h9-11H,1-8,15H2,(H,16,17). The first-order valence-corrected chi connectivity index (χ1v) is 6.46. The molecule has 0 aromatic rings. The first-order valence-electron chi connectivity index (χ1n) is 6.46. The Kier molecular flexibility index (Phi) is 7.12. The van der Waals surface area contributed by atoms with Gasteiger partial charge in [-0.15, -0.1) is 0 Å². The van der Waals surface area contributed by atoms with E-state index in [0.717, 1.165) is 25.7 Å². The van der Waals surface area contributed by atoms with Gasteiger partial charge in [0.1, 0.15) is 6.61 Å². The highest BCUT2D eigenvalue weighted by atomic mass is 19.3. The third-order valence-electron chi connectivity index (χ3n) is 3.13. The van der Waals surface area contributed by atoms with Crippen molar-refractivity contribution in [3.05, 3.63) is 0 Å². The first-order chi connectivity index (χ1) is 8.58. The van der Waals surface area contributed by atoms with Crippen LogP contribution in [0, 0.1) is 5.92 Å². The molecular formula is C12H22F2N2O2. The Morgan fingerprint density at radius 3 is 2.89 bits per heavy atom. The van der Waals surface area contributed by atoms with Crippen molar-refractivity contribution in [1.82, 2.24) is 5.32 Å². The lowest BCUT2D eigenvalue weighted by molar-refractivity contribution is -0.122. The van der Waals surface area contributed by atoms with Crippen LogP contribution in [0.25, 0.3) is 0 Å². The van der Waals surface area contributed by atoms with E-state index < -0.39 is 13.0 Å². The summed E-state index contributed by atoms with van der Waals surface area (Å²) < 4.78 is 28.1. The van der Waals surface area contributed by atoms with Crippen molar-refractivity contribution in [3.8, 4) is 0 Å². The fourth-order valence-corrected chi connectivity index (χ4v) is 2.20. The lowest BCUT2D eigenvalue weighted by Crippen LogP contribution is -2.35. The molecule has 0 heterocycles. The van der Waals surface area contributed by atoms with Crippen molar-refractivity contribution in [3.63, 3.8) is 0 Å². The van der Waals surface area contributed by atoms with Gasteiger partial charge < -0.3 is 15.8 Å². The topological polar surface area (TPSA) is 64.3 Å². The SMILES string of the molecule is NC1CCCC(CNC(=O)CCOCC(F)F)C1. The van der Waals surface area contributed by atoms with Crippen LogP contribution in [0.2, 0.25) is 0 Å². The van der Waals surface area contributed by atoms with Gasteiger partial charge in [-0.1, -0.05) is 6.42 Å². The fraction of sp³-hybridized carbons (Fsp3) is 0.917. The number of hydrogen-bond donors (Lipinski definition) is 2. The van der Waals surface area contributed by atoms with Crippen LogP contribution < -0.4 is 11.1 Å². The van der Waals surface area contributed by atoms with Crippen LogP contribution in [0.4, 0.5) is 8.78 Å². The van der Waals surface area contributed by atoms with Gasteiger partial charge in [0.05, 0.1) is 6.61 Å². The molecule has 6 heteroatoms. The zero-order valence-electron chi connectivity index (χ0n) is 10.5. The van der Waals surface area contributed by atoms with Crippen molar-refractivity contribution in [2.24, 2.45) is 11.7 Å². The minimum atomic E-state index is -2.48. The molecule has 0 bridgehead atoms. The van der Waals surface area contributed by atoms with Gasteiger partial charge in [-0.25, -0.2) is 8.78 Å². The minimum Gasteiger partial charge on any atom is -0.375 e. The predicted molar refractivity (Wildman–Crippen MR) is 64.4 cm³/mol. The lowest BCUT2D eigenvalue weighted by Gasteiger charge is -2.26. The second-order valence-corrected chi connectivity index (χ2v) is 4.81. The van der Waals surface area contributed by atoms with Crippen LogP contribution in [0.3, 0.4) is 0 Å². The molecule has 4 nitrogen and oxygen atoms in total. The number of hydrogen-bond acceptors (Lipinski definition) is 3. The molecule has 0 saturated heterocycles. The van der Waals surface area contributed by atoms with Gasteiger partial charge in [-0.2, -0.15) is 0 Å². The lowest BCUT2D eigenvalue weighted by atomic mass is 9.86. The molecular weight excluding hydrogens is 242 g/mol. The molecule has 2 atom stereocenters. The van der Waals surface area contributed by atoms with E-state index in [1.54, 1.807) is 0 Å². The Hall–Kier alpha value is -0.750. The molecule has 1 aliphatic carbocycles. The molecule has 1 amide bonds. The van der Waals surface area contributed by atoms with Crippen molar-refractivity contribution in [1.29, 1.82) is 0 Å². The average molecular weight is 264 g/mol. The monoisotopic (exact) mass is 264 g/mol. The molecule has 1 rings (SSSR count). The van der Waals surface area contributed by atoms with Gasteiger partial charge >= 0.3 is 0 Å². The maximum Gasteiger partial charge on any atom is 0.261 e. The van der Waals surface area contributed by atoms with Gasteiger partial charge in [0.15, 0.2) is 0 Å². The molecule has 2 unspecified atom stereocenters. The van der Waals surface area contributed by atoms with E-state index in [9.17, 15) is 13.6 Å². The fourth-order valence-electron chi connectivity index (χ4n) is 2.20. The summed E-state index contributed by atoms with van der Waals surface area (Å²) in [6.07, 6.45) is 1.87. The van der Waals surface area contributed by atoms with E-state index in [1.807, 2.05) is 0 Å². The van der Waals surface area contributed by atoms with Gasteiger partial charge in [0, 0.05) is 19.0 Å². The number of nitrogens with one attached hydrogen (secondary N) is 1. The minimum absolute atomic E-state index is 0.0420. The molecule has 0 radical (unpaired) electrons. The molecule has 18 heavy (non-hydrogen) atoms. The molecule has 0 aromatic carbocycles. The second-order valence-electron chi connectivity index (χ2n) is 4.81. The van der Waals surface area contributed by atoms with Crippen molar-refractivity contribution in [2.45, 2.75) is 44.6 Å². The smallest absolute Gasteiger partial charge is 0.261 e. The van der Waals surface area contributed by atoms with E-state index in [2.05, 4.69) is 10.1 Å². The summed E-state index contributed by atoms with van der Waals surface area (Å²) in [5.41, 5.74) is 5.85. The number of nitrogens with two attached hydrogens (primary N) is 1. The van der Waals surface area contributed by atoms with Gasteiger partial charge in [-0.3, -0.25) is 4.79 Å². The van der Waals surface area contributed by atoms with E-state index in [1.165, 1.54) is 0 Å². The van der Waals surface area contributed by atoms with Crippen molar-refractivity contribution < 1.29 is 18.3 Å². The highest BCUT2D eigenvalue weighted by Crippen LogP contribution is 2.22. The summed E-state index contributed by atoms with van der Waals surface area (Å²) in [5.74, 6) is 0.295. The van der Waals surface area contributed by atoms with Crippen LogP contribution in [0.15, 0.2) is 0 Å². The Bertz CT molecular complexity index is 252. The van der Waals surface area contributed by atoms with Gasteiger partial charge in [0.2, 0.25) is 5.91 Å². The zero-order valence-corrected chi connectivity index (χ0v) is 10.5. The largest absolute Gasteiger partial charge is 0.375 e. The third kappa shape index (κ3) is 6.86. The maximum atomic E-state index is 11.7. The predicted octanol–water partition coefficient (Wildman–Crippen LogP) is 1.29. The molecule has 0 aliphatic heterocycles. The molecule has 1 saturated carbocycles. The number of amides is 1. The first kappa shape index (κ1) is 15.3. The van der Waals surface area contributed by atoms with Crippen molar-refractivity contribution >= 4 is 5.91 Å². The van der Waals surface area contributed by atoms with Crippen molar-refractivity contribution in [2.75, 3.05) is 19.8 Å². The Balaban J connectivity index is 2.02. The molecule has 1 fully saturated rings. The van der Waals surface area contributed by atoms with Crippen LogP contribution in [-0.4, -0.2) is 38.1 Å². The normalized spacial score (nSPS) is 24.2. The Morgan fingerprint density at radius 2 is 2.22 bits per heavy atom. The van der Waals surface area contributed by atoms with E-state index in [4.69, 9.17) is 5.73 Å². The van der Waals surface area contributed by atoms with E-state index >= 15 is 0 Å². The summed E-state index contributed by atoms with van der Waals surface area (Å²) in [7, 11) is 0. The third-order valence-corrected chi connectivity index (χ3v) is 3.13. The summed E-state index contributed by atoms with van der Waals surface area (Å²) in [6, 6.07) is 0.245. The Labute approximate surface area is 106 Å². The number of alkyl halides is 2. The van der Waals surface area contributed by atoms with Gasteiger partial charge in [-0.05, 0) is 25.2 Å². The van der Waals surface area contributed by atoms with E-state index in [-0.39, 0.29) is 25.0 Å². The van der Waals surface area contributed by atoms with E-state index in [0.29, 0.717) is 12.5 Å². The molecule has 1 aliphatic rings. The zero-order chi connectivity index (χ0) is 13.4. The molecule has 106 valence electrons. The number of rotatable bonds is 7. The Morgan fingerprint density at radius 1 is 1.44 bits per heavy atom. The summed E-state index contributed by atoms with van der Waals surface area (Å²) in [5, 5.41) is 2.80. The number of ether oxygens (including phenoxy) is 1. The summed E-state index contributed by atoms with van der Waals surface area (Å²) in [4.78, 5) is 11.4. The highest BCUT2D eigenvalue weighted by Gasteiger charge is 2.19. The van der Waals surface area contributed by atoms with Crippen LogP contribution in [0.1, 0.15) is 32.1 Å². The second kappa shape index (κ2) is 8.37. The van der Waals surface area contributed by atoms with Crippen LogP contribution in [-0.2, 0) is 9.53 Å². The number of carbonyl (C=O) groups excluding carboxylic acids is 1. The maximum absolute atomic E-state index is 11.7. The van der Waals surface area contributed by atoms with Crippen LogP contribution in [0.5, 0.6) is 0 Å². The number of halogens is 2. The van der Waals surface area contributed by atoms with Gasteiger partial charge in [0.25, 0.3) is 6.43 Å². The summed E-state index contributed by atoms with van der Waals surface area (Å²) >= 11 is 0. The molecule has 0 aromatic heterocycles. The number of carbonyl (C=O) groups is 1. The average Bonchev–Trinajstić information content (AvgIpc) is 2.32. The highest BCUT2D eigenvalue weighted by molar-refractivity contribution is 5.75. The molecule has 0 spiro atoms.